The molecule has 1 saturated carbocycles. The van der Waals surface area contributed by atoms with Gasteiger partial charge in [-0.25, -0.2) is 4.79 Å². The van der Waals surface area contributed by atoms with Gasteiger partial charge in [0.2, 0.25) is 0 Å². The Bertz CT molecular complexity index is 374. The van der Waals surface area contributed by atoms with Gasteiger partial charge < -0.3 is 20.1 Å². The summed E-state index contributed by atoms with van der Waals surface area (Å²) in [7, 11) is 0. The predicted molar refractivity (Wildman–Crippen MR) is 73.5 cm³/mol. The van der Waals surface area contributed by atoms with Crippen molar-refractivity contribution in [3.63, 3.8) is 0 Å². The molecule has 0 spiro atoms. The van der Waals surface area contributed by atoms with Gasteiger partial charge in [-0.1, -0.05) is 13.3 Å². The smallest absolute Gasteiger partial charge is 0.318 e. The molecule has 2 rings (SSSR count). The third kappa shape index (κ3) is 3.23. The Morgan fingerprint density at radius 2 is 2.15 bits per heavy atom. The SMILES string of the molecule is CCC1COC(C)CN1C(=O)NC1CCCC1C(=O)O. The van der Waals surface area contributed by atoms with Crippen molar-refractivity contribution < 1.29 is 19.4 Å². The summed E-state index contributed by atoms with van der Waals surface area (Å²) in [6.45, 7) is 5.09. The summed E-state index contributed by atoms with van der Waals surface area (Å²) < 4.78 is 5.58. The van der Waals surface area contributed by atoms with E-state index in [0.717, 1.165) is 19.3 Å². The molecule has 0 aromatic rings. The van der Waals surface area contributed by atoms with Crippen LogP contribution in [0.5, 0.6) is 0 Å². The third-order valence-corrected chi connectivity index (χ3v) is 4.34. The Morgan fingerprint density at radius 1 is 1.40 bits per heavy atom. The molecule has 20 heavy (non-hydrogen) atoms. The average Bonchev–Trinajstić information content (AvgIpc) is 2.87. The number of carboxylic acid groups (broad SMARTS) is 1. The van der Waals surface area contributed by atoms with Crippen LogP contribution in [-0.4, -0.2) is 53.3 Å². The van der Waals surface area contributed by atoms with Gasteiger partial charge in [0.1, 0.15) is 0 Å². The van der Waals surface area contributed by atoms with Crippen LogP contribution in [0.25, 0.3) is 0 Å². The molecule has 0 aromatic carbocycles. The molecule has 4 atom stereocenters. The number of amides is 2. The molecule has 6 nitrogen and oxygen atoms in total. The predicted octanol–water partition coefficient (Wildman–Crippen LogP) is 1.45. The maximum Gasteiger partial charge on any atom is 0.318 e. The first-order chi connectivity index (χ1) is 9.52. The van der Waals surface area contributed by atoms with E-state index in [9.17, 15) is 9.59 Å². The van der Waals surface area contributed by atoms with Crippen LogP contribution < -0.4 is 5.32 Å². The lowest BCUT2D eigenvalue weighted by molar-refractivity contribution is -0.142. The second kappa shape index (κ2) is 6.43. The Kier molecular flexibility index (Phi) is 4.86. The quantitative estimate of drug-likeness (QED) is 0.822. The molecule has 1 aliphatic heterocycles. The minimum absolute atomic E-state index is 0.0300. The Morgan fingerprint density at radius 3 is 2.80 bits per heavy atom. The van der Waals surface area contributed by atoms with Crippen LogP contribution in [0.2, 0.25) is 0 Å². The maximum absolute atomic E-state index is 12.4. The molecule has 6 heteroatoms. The molecule has 0 aromatic heterocycles. The number of urea groups is 1. The number of ether oxygens (including phenoxy) is 1. The topological polar surface area (TPSA) is 78.9 Å². The number of nitrogens with zero attached hydrogens (tertiary/aromatic N) is 1. The lowest BCUT2D eigenvalue weighted by Gasteiger charge is -2.39. The number of nitrogens with one attached hydrogen (secondary N) is 1. The van der Waals surface area contributed by atoms with E-state index >= 15 is 0 Å². The fourth-order valence-corrected chi connectivity index (χ4v) is 3.10. The molecule has 4 unspecified atom stereocenters. The zero-order chi connectivity index (χ0) is 14.7. The van der Waals surface area contributed by atoms with Gasteiger partial charge in [-0.2, -0.15) is 0 Å². The molecule has 114 valence electrons. The molecule has 1 saturated heterocycles. The number of carboxylic acids is 1. The van der Waals surface area contributed by atoms with E-state index in [4.69, 9.17) is 9.84 Å². The first kappa shape index (κ1) is 15.1. The third-order valence-electron chi connectivity index (χ3n) is 4.34. The molecular formula is C14H24N2O4. The van der Waals surface area contributed by atoms with Gasteiger partial charge >= 0.3 is 12.0 Å². The van der Waals surface area contributed by atoms with Gasteiger partial charge in [0.05, 0.1) is 24.7 Å². The van der Waals surface area contributed by atoms with Gasteiger partial charge in [-0.05, 0) is 26.2 Å². The zero-order valence-corrected chi connectivity index (χ0v) is 12.2. The van der Waals surface area contributed by atoms with Crippen LogP contribution in [-0.2, 0) is 9.53 Å². The summed E-state index contributed by atoms with van der Waals surface area (Å²) in [6.07, 6.45) is 3.13. The van der Waals surface area contributed by atoms with Gasteiger partial charge in [0.15, 0.2) is 0 Å². The maximum atomic E-state index is 12.4. The van der Waals surface area contributed by atoms with Crippen molar-refractivity contribution in [2.24, 2.45) is 5.92 Å². The summed E-state index contributed by atoms with van der Waals surface area (Å²) in [6, 6.07) is -0.309. The number of aliphatic carboxylic acids is 1. The van der Waals surface area contributed by atoms with Crippen molar-refractivity contribution in [3.8, 4) is 0 Å². The summed E-state index contributed by atoms with van der Waals surface area (Å²) in [5.74, 6) is -1.26. The largest absolute Gasteiger partial charge is 0.481 e. The molecule has 2 N–H and O–H groups in total. The fourth-order valence-electron chi connectivity index (χ4n) is 3.10. The summed E-state index contributed by atoms with van der Waals surface area (Å²) in [4.78, 5) is 25.4. The molecule has 0 radical (unpaired) electrons. The van der Waals surface area contributed by atoms with Gasteiger partial charge in [-0.15, -0.1) is 0 Å². The zero-order valence-electron chi connectivity index (χ0n) is 12.2. The van der Waals surface area contributed by atoms with Crippen LogP contribution >= 0.6 is 0 Å². The molecule has 2 amide bonds. The van der Waals surface area contributed by atoms with Gasteiger partial charge in [0, 0.05) is 12.6 Å². The van der Waals surface area contributed by atoms with Crippen molar-refractivity contribution in [1.82, 2.24) is 10.2 Å². The van der Waals surface area contributed by atoms with Crippen LogP contribution in [0, 0.1) is 5.92 Å². The molecule has 1 aliphatic carbocycles. The minimum atomic E-state index is -0.810. The van der Waals surface area contributed by atoms with E-state index in [1.54, 1.807) is 4.90 Å². The highest BCUT2D eigenvalue weighted by Crippen LogP contribution is 2.26. The molecular weight excluding hydrogens is 260 g/mol. The van der Waals surface area contributed by atoms with E-state index in [1.807, 2.05) is 13.8 Å². The average molecular weight is 284 g/mol. The number of carbonyl (C=O) groups excluding carboxylic acids is 1. The van der Waals surface area contributed by atoms with Crippen molar-refractivity contribution in [2.45, 2.75) is 57.7 Å². The van der Waals surface area contributed by atoms with Crippen molar-refractivity contribution in [3.05, 3.63) is 0 Å². The Labute approximate surface area is 119 Å². The van der Waals surface area contributed by atoms with Crippen molar-refractivity contribution in [2.75, 3.05) is 13.2 Å². The number of morpholine rings is 1. The van der Waals surface area contributed by atoms with E-state index in [-0.39, 0.29) is 24.2 Å². The molecule has 2 fully saturated rings. The second-order valence-electron chi connectivity index (χ2n) is 5.79. The van der Waals surface area contributed by atoms with Crippen molar-refractivity contribution >= 4 is 12.0 Å². The number of hydrogen-bond acceptors (Lipinski definition) is 3. The first-order valence-corrected chi connectivity index (χ1v) is 7.44. The Balaban J connectivity index is 1.97. The Hall–Kier alpha value is -1.30. The van der Waals surface area contributed by atoms with E-state index in [1.165, 1.54) is 0 Å². The number of rotatable bonds is 3. The monoisotopic (exact) mass is 284 g/mol. The fraction of sp³-hybridized carbons (Fsp3) is 0.857. The van der Waals surface area contributed by atoms with Gasteiger partial charge in [-0.3, -0.25) is 4.79 Å². The standard InChI is InChI=1S/C14H24N2O4/c1-3-10-8-20-9(2)7-16(10)14(19)15-12-6-4-5-11(12)13(17)18/h9-12H,3-8H2,1-2H3,(H,15,19)(H,17,18). The van der Waals surface area contributed by atoms with Crippen LogP contribution in [0.3, 0.4) is 0 Å². The lowest BCUT2D eigenvalue weighted by atomic mass is 10.0. The first-order valence-electron chi connectivity index (χ1n) is 7.44. The highest BCUT2D eigenvalue weighted by Gasteiger charge is 2.36. The van der Waals surface area contributed by atoms with Crippen LogP contribution in [0.15, 0.2) is 0 Å². The lowest BCUT2D eigenvalue weighted by Crippen LogP contribution is -2.56. The van der Waals surface area contributed by atoms with E-state index in [2.05, 4.69) is 5.32 Å². The normalized spacial score (nSPS) is 34.0. The van der Waals surface area contributed by atoms with Crippen LogP contribution in [0.1, 0.15) is 39.5 Å². The summed E-state index contributed by atoms with van der Waals surface area (Å²) in [5.41, 5.74) is 0. The van der Waals surface area contributed by atoms with Crippen LogP contribution in [0.4, 0.5) is 4.79 Å². The highest BCUT2D eigenvalue weighted by molar-refractivity contribution is 5.77. The number of hydrogen-bond donors (Lipinski definition) is 2. The molecule has 0 bridgehead atoms. The van der Waals surface area contributed by atoms with E-state index < -0.39 is 11.9 Å². The second-order valence-corrected chi connectivity index (χ2v) is 5.79. The van der Waals surface area contributed by atoms with E-state index in [0.29, 0.717) is 19.6 Å². The minimum Gasteiger partial charge on any atom is -0.481 e. The highest BCUT2D eigenvalue weighted by atomic mass is 16.5. The molecule has 1 heterocycles. The summed E-state index contributed by atoms with van der Waals surface area (Å²) in [5, 5.41) is 12.1. The van der Waals surface area contributed by atoms with Crippen molar-refractivity contribution in [1.29, 1.82) is 0 Å². The molecule has 2 aliphatic rings. The number of carbonyl (C=O) groups is 2. The summed E-state index contributed by atoms with van der Waals surface area (Å²) >= 11 is 0. The van der Waals surface area contributed by atoms with Gasteiger partial charge in [0.25, 0.3) is 0 Å².